The van der Waals surface area contributed by atoms with Crippen molar-refractivity contribution in [1.82, 2.24) is 10.2 Å². The highest BCUT2D eigenvalue weighted by molar-refractivity contribution is 7.92. The van der Waals surface area contributed by atoms with Gasteiger partial charge in [-0.2, -0.15) is 0 Å². The highest BCUT2D eigenvalue weighted by atomic mass is 35.5. The second-order valence-corrected chi connectivity index (χ2v) is 11.2. The molecule has 0 unspecified atom stereocenters. The first kappa shape index (κ1) is 28.8. The van der Waals surface area contributed by atoms with Crippen molar-refractivity contribution < 1.29 is 18.0 Å². The molecule has 37 heavy (non-hydrogen) atoms. The SMILES string of the molecule is CC[C@@H](C(=O)NC)N(Cc1ccc(Cl)cc1Cl)C(=O)CN(c1ccccc1Cl)S(=O)(=O)c1ccccc1. The summed E-state index contributed by atoms with van der Waals surface area (Å²) in [4.78, 5) is 27.9. The summed E-state index contributed by atoms with van der Waals surface area (Å²) in [6, 6.07) is 18.1. The third-order valence-corrected chi connectivity index (χ3v) is 8.40. The Morgan fingerprint density at radius 2 is 1.57 bits per heavy atom. The van der Waals surface area contributed by atoms with E-state index in [9.17, 15) is 18.0 Å². The number of anilines is 1. The van der Waals surface area contributed by atoms with E-state index in [0.717, 1.165) is 4.31 Å². The van der Waals surface area contributed by atoms with Gasteiger partial charge in [0, 0.05) is 23.6 Å². The lowest BCUT2D eigenvalue weighted by Crippen LogP contribution is -2.51. The van der Waals surface area contributed by atoms with Crippen molar-refractivity contribution in [3.8, 4) is 0 Å². The number of hydrogen-bond acceptors (Lipinski definition) is 4. The van der Waals surface area contributed by atoms with E-state index < -0.39 is 34.4 Å². The Morgan fingerprint density at radius 3 is 2.16 bits per heavy atom. The van der Waals surface area contributed by atoms with Crippen LogP contribution in [0, 0.1) is 0 Å². The number of halogens is 3. The van der Waals surface area contributed by atoms with E-state index in [1.54, 1.807) is 55.5 Å². The van der Waals surface area contributed by atoms with Gasteiger partial charge in [0.15, 0.2) is 0 Å². The molecule has 7 nitrogen and oxygen atoms in total. The lowest BCUT2D eigenvalue weighted by molar-refractivity contribution is -0.140. The van der Waals surface area contributed by atoms with Gasteiger partial charge < -0.3 is 10.2 Å². The minimum absolute atomic E-state index is 0.00615. The summed E-state index contributed by atoms with van der Waals surface area (Å²) < 4.78 is 28.4. The molecular weight excluding hydrogens is 557 g/mol. The molecular formula is C26H26Cl3N3O4S. The minimum atomic E-state index is -4.19. The summed E-state index contributed by atoms with van der Waals surface area (Å²) in [7, 11) is -2.72. The summed E-state index contributed by atoms with van der Waals surface area (Å²) in [5, 5.41) is 3.46. The van der Waals surface area contributed by atoms with Crippen LogP contribution < -0.4 is 9.62 Å². The Kier molecular flexibility index (Phi) is 9.84. The summed E-state index contributed by atoms with van der Waals surface area (Å²) in [5.41, 5.74) is 0.691. The van der Waals surface area contributed by atoms with Crippen molar-refractivity contribution in [2.45, 2.75) is 30.8 Å². The van der Waals surface area contributed by atoms with Crippen molar-refractivity contribution in [3.63, 3.8) is 0 Å². The molecule has 0 aliphatic heterocycles. The van der Waals surface area contributed by atoms with Crippen LogP contribution in [0.1, 0.15) is 18.9 Å². The van der Waals surface area contributed by atoms with Gasteiger partial charge in [0.1, 0.15) is 12.6 Å². The largest absolute Gasteiger partial charge is 0.357 e. The zero-order valence-corrected chi connectivity index (χ0v) is 23.3. The van der Waals surface area contributed by atoms with Crippen LogP contribution in [0.15, 0.2) is 77.7 Å². The average Bonchev–Trinajstić information content (AvgIpc) is 2.89. The molecule has 0 saturated carbocycles. The number of carbonyl (C=O) groups excluding carboxylic acids is 2. The first-order valence-electron chi connectivity index (χ1n) is 11.4. The normalized spacial score (nSPS) is 12.0. The Bertz CT molecular complexity index is 1370. The number of nitrogens with one attached hydrogen (secondary N) is 1. The Labute approximate surface area is 232 Å². The molecule has 11 heteroatoms. The van der Waals surface area contributed by atoms with Crippen LogP contribution in [0.4, 0.5) is 5.69 Å². The number of nitrogens with zero attached hydrogens (tertiary/aromatic N) is 2. The zero-order valence-electron chi connectivity index (χ0n) is 20.2. The Hall–Kier alpha value is -2.78. The van der Waals surface area contributed by atoms with E-state index >= 15 is 0 Å². The molecule has 0 saturated heterocycles. The van der Waals surface area contributed by atoms with Gasteiger partial charge in [0.2, 0.25) is 11.8 Å². The predicted octanol–water partition coefficient (Wildman–Crippen LogP) is 5.40. The number of amides is 2. The number of benzene rings is 3. The van der Waals surface area contributed by atoms with Crippen LogP contribution in [0.2, 0.25) is 15.1 Å². The van der Waals surface area contributed by atoms with E-state index in [1.165, 1.54) is 36.2 Å². The fourth-order valence-electron chi connectivity index (χ4n) is 3.81. The molecule has 0 bridgehead atoms. The Balaban J connectivity index is 2.08. The summed E-state index contributed by atoms with van der Waals surface area (Å²) in [6.45, 7) is 1.12. The maximum Gasteiger partial charge on any atom is 0.264 e. The number of para-hydroxylation sites is 1. The lowest BCUT2D eigenvalue weighted by atomic mass is 10.1. The molecule has 3 aromatic rings. The number of sulfonamides is 1. The van der Waals surface area contributed by atoms with Gasteiger partial charge in [-0.25, -0.2) is 8.42 Å². The smallest absolute Gasteiger partial charge is 0.264 e. The molecule has 0 aliphatic rings. The molecule has 0 fully saturated rings. The molecule has 2 amide bonds. The van der Waals surface area contributed by atoms with Gasteiger partial charge in [-0.15, -0.1) is 0 Å². The van der Waals surface area contributed by atoms with E-state index in [0.29, 0.717) is 15.6 Å². The molecule has 0 aliphatic carbocycles. The highest BCUT2D eigenvalue weighted by Gasteiger charge is 2.34. The molecule has 0 spiro atoms. The molecule has 1 atom stereocenters. The monoisotopic (exact) mass is 581 g/mol. The van der Waals surface area contributed by atoms with Gasteiger partial charge >= 0.3 is 0 Å². The van der Waals surface area contributed by atoms with Gasteiger partial charge in [0.25, 0.3) is 10.0 Å². The lowest BCUT2D eigenvalue weighted by Gasteiger charge is -2.33. The minimum Gasteiger partial charge on any atom is -0.357 e. The summed E-state index contributed by atoms with van der Waals surface area (Å²) in [5.74, 6) is -1.00. The summed E-state index contributed by atoms with van der Waals surface area (Å²) >= 11 is 18.8. The topological polar surface area (TPSA) is 86.8 Å². The van der Waals surface area contributed by atoms with Crippen LogP contribution in [-0.2, 0) is 26.2 Å². The molecule has 3 aromatic carbocycles. The quantitative estimate of drug-likeness (QED) is 0.347. The van der Waals surface area contributed by atoms with Crippen molar-refractivity contribution in [3.05, 3.63) is 93.4 Å². The van der Waals surface area contributed by atoms with Crippen LogP contribution in [0.3, 0.4) is 0 Å². The van der Waals surface area contributed by atoms with Crippen molar-refractivity contribution in [1.29, 1.82) is 0 Å². The summed E-state index contributed by atoms with van der Waals surface area (Å²) in [6.07, 6.45) is 0.286. The van der Waals surface area contributed by atoms with Gasteiger partial charge in [0.05, 0.1) is 15.6 Å². The van der Waals surface area contributed by atoms with E-state index in [2.05, 4.69) is 5.32 Å². The second kappa shape index (κ2) is 12.6. The number of rotatable bonds is 10. The first-order valence-corrected chi connectivity index (χ1v) is 13.9. The third kappa shape index (κ3) is 6.76. The maximum atomic E-state index is 13.8. The van der Waals surface area contributed by atoms with Crippen molar-refractivity contribution in [2.75, 3.05) is 17.9 Å². The van der Waals surface area contributed by atoms with E-state index in [4.69, 9.17) is 34.8 Å². The second-order valence-electron chi connectivity index (χ2n) is 8.07. The van der Waals surface area contributed by atoms with E-state index in [1.807, 2.05) is 0 Å². The molecule has 1 N–H and O–H groups in total. The number of hydrogen-bond donors (Lipinski definition) is 1. The van der Waals surface area contributed by atoms with Crippen LogP contribution >= 0.6 is 34.8 Å². The molecule has 0 aromatic heterocycles. The standard InChI is InChI=1S/C26H26Cl3N3O4S/c1-3-23(26(34)30-2)31(16-18-13-14-19(27)15-22(18)29)25(33)17-32(24-12-8-7-11-21(24)28)37(35,36)20-9-5-4-6-10-20/h4-15,23H,3,16-17H2,1-2H3,(H,30,34)/t23-/m0/s1. The van der Waals surface area contributed by atoms with Gasteiger partial charge in [-0.1, -0.05) is 78.1 Å². The van der Waals surface area contributed by atoms with Gasteiger partial charge in [-0.3, -0.25) is 13.9 Å². The van der Waals surface area contributed by atoms with Crippen molar-refractivity contribution in [2.24, 2.45) is 0 Å². The van der Waals surface area contributed by atoms with Crippen LogP contribution in [0.5, 0.6) is 0 Å². The highest BCUT2D eigenvalue weighted by Crippen LogP contribution is 2.31. The number of likely N-dealkylation sites (N-methyl/N-ethyl adjacent to an activating group) is 1. The van der Waals surface area contributed by atoms with E-state index in [-0.39, 0.29) is 28.6 Å². The molecule has 3 rings (SSSR count). The fraction of sp³-hybridized carbons (Fsp3) is 0.231. The zero-order chi connectivity index (χ0) is 27.2. The number of carbonyl (C=O) groups is 2. The predicted molar refractivity (Wildman–Crippen MR) is 148 cm³/mol. The fourth-order valence-corrected chi connectivity index (χ4v) is 6.02. The van der Waals surface area contributed by atoms with Crippen LogP contribution in [0.25, 0.3) is 0 Å². The Morgan fingerprint density at radius 1 is 0.919 bits per heavy atom. The molecule has 0 radical (unpaired) electrons. The molecule has 0 heterocycles. The van der Waals surface area contributed by atoms with Gasteiger partial charge in [-0.05, 0) is 48.4 Å². The first-order chi connectivity index (χ1) is 17.6. The average molecular weight is 583 g/mol. The molecule has 196 valence electrons. The van der Waals surface area contributed by atoms with Crippen LogP contribution in [-0.4, -0.2) is 44.8 Å². The third-order valence-electron chi connectivity index (χ3n) is 5.72. The van der Waals surface area contributed by atoms with Crippen molar-refractivity contribution >= 4 is 62.3 Å². The maximum absolute atomic E-state index is 13.8.